The molecule has 0 unspecified atom stereocenters. The molecule has 12 rings (SSSR count). The topological polar surface area (TPSA) is 3.24 Å². The molecule has 0 atom stereocenters. The summed E-state index contributed by atoms with van der Waals surface area (Å²) in [7, 11) is 0. The highest BCUT2D eigenvalue weighted by atomic mass is 15.1. The Morgan fingerprint density at radius 1 is 0.188 bits per heavy atom. The van der Waals surface area contributed by atoms with Gasteiger partial charge in [0, 0.05) is 17.1 Å². The van der Waals surface area contributed by atoms with E-state index in [2.05, 4.69) is 290 Å². The second-order valence-electron chi connectivity index (χ2n) is 17.6. The van der Waals surface area contributed by atoms with Gasteiger partial charge in [0.15, 0.2) is 0 Å². The molecular weight excluding hydrogens is 831 g/mol. The zero-order valence-corrected chi connectivity index (χ0v) is 38.1. The lowest BCUT2D eigenvalue weighted by Crippen LogP contribution is -2.11. The molecule has 0 heterocycles. The van der Waals surface area contributed by atoms with Crippen LogP contribution < -0.4 is 4.90 Å². The second-order valence-corrected chi connectivity index (χ2v) is 17.6. The van der Waals surface area contributed by atoms with E-state index in [4.69, 9.17) is 0 Å². The van der Waals surface area contributed by atoms with Gasteiger partial charge in [-0.25, -0.2) is 0 Å². The van der Waals surface area contributed by atoms with Crippen molar-refractivity contribution in [1.82, 2.24) is 0 Å². The predicted octanol–water partition coefficient (Wildman–Crippen LogP) is 19.1. The molecular formula is C68H47N. The van der Waals surface area contributed by atoms with E-state index in [1.807, 2.05) is 0 Å². The molecule has 69 heavy (non-hydrogen) atoms. The maximum Gasteiger partial charge on any atom is 0.0473 e. The molecule has 12 aromatic rings. The molecule has 1 nitrogen and oxygen atoms in total. The van der Waals surface area contributed by atoms with Crippen LogP contribution in [0.5, 0.6) is 0 Å². The Hall–Kier alpha value is -9.04. The lowest BCUT2D eigenvalue weighted by atomic mass is 9.83. The van der Waals surface area contributed by atoms with E-state index in [0.29, 0.717) is 0 Å². The van der Waals surface area contributed by atoms with E-state index in [0.717, 1.165) is 44.9 Å². The Labute approximate surface area is 404 Å². The Morgan fingerprint density at radius 3 is 0.928 bits per heavy atom. The average Bonchev–Trinajstić information content (AvgIpc) is 3.44. The van der Waals surface area contributed by atoms with Crippen molar-refractivity contribution < 1.29 is 0 Å². The first-order chi connectivity index (χ1) is 34.2. The fraction of sp³-hybridized carbons (Fsp3) is 0. The van der Waals surface area contributed by atoms with Crippen LogP contribution in [0.1, 0.15) is 0 Å². The van der Waals surface area contributed by atoms with Crippen molar-refractivity contribution in [2.75, 3.05) is 4.90 Å². The molecule has 0 aromatic heterocycles. The molecule has 0 fully saturated rings. The smallest absolute Gasteiger partial charge is 0.0473 e. The van der Waals surface area contributed by atoms with Crippen LogP contribution in [0.4, 0.5) is 17.1 Å². The molecule has 0 spiro atoms. The van der Waals surface area contributed by atoms with Crippen LogP contribution >= 0.6 is 0 Å². The van der Waals surface area contributed by atoms with Crippen LogP contribution in [0.3, 0.4) is 0 Å². The highest BCUT2D eigenvalue weighted by Gasteiger charge is 2.22. The van der Waals surface area contributed by atoms with Crippen LogP contribution in [0.15, 0.2) is 285 Å². The molecule has 0 saturated carbocycles. The summed E-state index contributed by atoms with van der Waals surface area (Å²) in [5, 5.41) is 4.97. The third-order valence-electron chi connectivity index (χ3n) is 13.4. The van der Waals surface area contributed by atoms with Gasteiger partial charge in [-0.3, -0.25) is 0 Å². The first-order valence-corrected chi connectivity index (χ1v) is 23.7. The molecule has 0 bridgehead atoms. The van der Waals surface area contributed by atoms with E-state index in [1.165, 1.54) is 71.6 Å². The van der Waals surface area contributed by atoms with Crippen molar-refractivity contribution in [3.63, 3.8) is 0 Å². The highest BCUT2D eigenvalue weighted by Crippen LogP contribution is 2.48. The summed E-state index contributed by atoms with van der Waals surface area (Å²) >= 11 is 0. The van der Waals surface area contributed by atoms with Gasteiger partial charge in [0.25, 0.3) is 0 Å². The third kappa shape index (κ3) is 8.07. The van der Waals surface area contributed by atoms with E-state index in [-0.39, 0.29) is 0 Å². The minimum atomic E-state index is 1.06. The van der Waals surface area contributed by atoms with Crippen LogP contribution in [0.2, 0.25) is 0 Å². The number of nitrogens with zero attached hydrogens (tertiary/aromatic N) is 1. The number of rotatable bonds is 10. The monoisotopic (exact) mass is 877 g/mol. The summed E-state index contributed by atoms with van der Waals surface area (Å²) in [6.45, 7) is 0. The first kappa shape index (κ1) is 41.4. The zero-order chi connectivity index (χ0) is 45.9. The number of hydrogen-bond donors (Lipinski definition) is 0. The summed E-state index contributed by atoms with van der Waals surface area (Å²) < 4.78 is 0. The maximum absolute atomic E-state index is 2.44. The Balaban J connectivity index is 1.09. The zero-order valence-electron chi connectivity index (χ0n) is 38.1. The van der Waals surface area contributed by atoms with Gasteiger partial charge in [0.1, 0.15) is 0 Å². The van der Waals surface area contributed by atoms with E-state index < -0.39 is 0 Å². The van der Waals surface area contributed by atoms with Gasteiger partial charge in [0.2, 0.25) is 0 Å². The molecule has 0 saturated heterocycles. The van der Waals surface area contributed by atoms with Gasteiger partial charge in [-0.2, -0.15) is 0 Å². The van der Waals surface area contributed by atoms with E-state index in [9.17, 15) is 0 Å². The lowest BCUT2D eigenvalue weighted by molar-refractivity contribution is 1.28. The van der Waals surface area contributed by atoms with Gasteiger partial charge in [-0.1, -0.05) is 237 Å². The molecule has 0 radical (unpaired) electrons. The standard InChI is InChI=1S/C68H47N/c1-7-22-48(23-8-1)55-42-56(49-24-9-2-10-25-49)45-60(44-55)69(61-46-57(50-26-11-3-12-27-50)43-58(47-61)51-28-13-4-14-29-51)59-40-38-52(39-41-59)62-36-21-37-65-67(54-32-17-6-18-33-54)66(53-30-15-5-16-31-53)63-34-19-20-35-64(63)68(62)65/h1-47H. The largest absolute Gasteiger partial charge is 0.310 e. The molecule has 0 amide bonds. The summed E-state index contributed by atoms with van der Waals surface area (Å²) in [5.41, 5.74) is 19.8. The molecule has 0 aliphatic rings. The molecule has 0 aliphatic heterocycles. The van der Waals surface area contributed by atoms with Crippen molar-refractivity contribution >= 4 is 38.6 Å². The summed E-state index contributed by atoms with van der Waals surface area (Å²) in [6, 6.07) is 104. The first-order valence-electron chi connectivity index (χ1n) is 23.7. The van der Waals surface area contributed by atoms with Gasteiger partial charge in [-0.05, 0) is 148 Å². The molecule has 12 aromatic carbocycles. The number of benzene rings is 12. The average molecular weight is 878 g/mol. The molecule has 1 heteroatoms. The minimum absolute atomic E-state index is 1.06. The van der Waals surface area contributed by atoms with Gasteiger partial charge in [-0.15, -0.1) is 0 Å². The quantitative estimate of drug-likeness (QED) is 0.124. The van der Waals surface area contributed by atoms with E-state index >= 15 is 0 Å². The highest BCUT2D eigenvalue weighted by molar-refractivity contribution is 6.25. The third-order valence-corrected chi connectivity index (χ3v) is 13.4. The Bertz CT molecular complexity index is 3480. The molecule has 0 N–H and O–H groups in total. The van der Waals surface area contributed by atoms with Gasteiger partial charge >= 0.3 is 0 Å². The van der Waals surface area contributed by atoms with E-state index in [1.54, 1.807) is 0 Å². The number of anilines is 3. The molecule has 0 aliphatic carbocycles. The van der Waals surface area contributed by atoms with Crippen LogP contribution in [0, 0.1) is 0 Å². The summed E-state index contributed by atoms with van der Waals surface area (Å²) in [4.78, 5) is 2.44. The van der Waals surface area contributed by atoms with Crippen LogP contribution in [0.25, 0.3) is 99.4 Å². The van der Waals surface area contributed by atoms with Crippen molar-refractivity contribution in [3.8, 4) is 77.9 Å². The maximum atomic E-state index is 2.44. The SMILES string of the molecule is c1ccc(-c2cc(-c3ccccc3)cc(N(c3ccc(-c4cccc5c(-c6ccccc6)c(-c6ccccc6)c6ccccc6c45)cc3)c3cc(-c4ccccc4)cc(-c4ccccc4)c3)c2)cc1. The van der Waals surface area contributed by atoms with Crippen molar-refractivity contribution in [3.05, 3.63) is 285 Å². The minimum Gasteiger partial charge on any atom is -0.310 e. The lowest BCUT2D eigenvalue weighted by Gasteiger charge is -2.28. The van der Waals surface area contributed by atoms with Gasteiger partial charge < -0.3 is 4.90 Å². The normalized spacial score (nSPS) is 11.2. The van der Waals surface area contributed by atoms with Gasteiger partial charge in [0.05, 0.1) is 0 Å². The fourth-order valence-electron chi connectivity index (χ4n) is 10.2. The number of hydrogen-bond acceptors (Lipinski definition) is 1. The van der Waals surface area contributed by atoms with Crippen molar-refractivity contribution in [2.24, 2.45) is 0 Å². The Morgan fingerprint density at radius 2 is 0.522 bits per heavy atom. The van der Waals surface area contributed by atoms with Crippen molar-refractivity contribution in [1.29, 1.82) is 0 Å². The number of fused-ring (bicyclic) bond motifs is 3. The summed E-state index contributed by atoms with van der Waals surface area (Å²) in [5.74, 6) is 0. The van der Waals surface area contributed by atoms with Crippen molar-refractivity contribution in [2.45, 2.75) is 0 Å². The molecule has 324 valence electrons. The van der Waals surface area contributed by atoms with Crippen LogP contribution in [-0.4, -0.2) is 0 Å². The fourth-order valence-corrected chi connectivity index (χ4v) is 10.2. The summed E-state index contributed by atoms with van der Waals surface area (Å²) in [6.07, 6.45) is 0. The Kier molecular flexibility index (Phi) is 11.0. The van der Waals surface area contributed by atoms with Crippen LogP contribution in [-0.2, 0) is 0 Å². The second kappa shape index (κ2) is 18.3. The predicted molar refractivity (Wildman–Crippen MR) is 294 cm³/mol.